The second-order valence-corrected chi connectivity index (χ2v) is 21.2. The van der Waals surface area contributed by atoms with Gasteiger partial charge >= 0.3 is 0 Å². The summed E-state index contributed by atoms with van der Waals surface area (Å²) in [4.78, 5) is 5.19. The molecule has 0 saturated heterocycles. The molecule has 4 aliphatic rings. The van der Waals surface area contributed by atoms with Crippen LogP contribution in [0.15, 0.2) is 283 Å². The Bertz CT molecular complexity index is 4230. The standard InChI is InChI=1S/C72H45NOS/c1-2-20-46(21-3-1)47-40-42-48(43-41-47)49-22-6-13-33-62(49)73(64-35-19-32-60-70(64)53-24-5-8-27-55(53)71(60)56-28-9-14-36-65(56)74-66-37-15-10-29-57(66)71)63-34-18-25-51-50(63)44-45-61-69(51)52-23-4-7-26-54(52)72(61)58-30-11-16-38-67(58)75-68-39-17-12-31-59(68)72/h1-45H. The van der Waals surface area contributed by atoms with Gasteiger partial charge in [0.25, 0.3) is 0 Å². The lowest BCUT2D eigenvalue weighted by molar-refractivity contribution is 0.436. The molecule has 2 spiro atoms. The number of fused-ring (bicyclic) bond motifs is 20. The number of hydrogen-bond acceptors (Lipinski definition) is 3. The first-order valence-corrected chi connectivity index (χ1v) is 26.7. The van der Waals surface area contributed by atoms with Crippen LogP contribution in [0.3, 0.4) is 0 Å². The molecule has 0 radical (unpaired) electrons. The molecule has 0 amide bonds. The average Bonchev–Trinajstić information content (AvgIpc) is 4.15. The lowest BCUT2D eigenvalue weighted by Gasteiger charge is -2.39. The monoisotopic (exact) mass is 971 g/mol. The molecular formula is C72H45NOS. The molecular weight excluding hydrogens is 927 g/mol. The van der Waals surface area contributed by atoms with Gasteiger partial charge in [-0.25, -0.2) is 0 Å². The van der Waals surface area contributed by atoms with Crippen molar-refractivity contribution in [2.45, 2.75) is 20.6 Å². The van der Waals surface area contributed by atoms with E-state index in [0.717, 1.165) is 50.8 Å². The van der Waals surface area contributed by atoms with Gasteiger partial charge in [0.1, 0.15) is 11.5 Å². The van der Waals surface area contributed by atoms with Crippen molar-refractivity contribution in [3.63, 3.8) is 0 Å². The van der Waals surface area contributed by atoms with Crippen LogP contribution in [0, 0.1) is 0 Å². The van der Waals surface area contributed by atoms with Crippen molar-refractivity contribution in [1.82, 2.24) is 0 Å². The largest absolute Gasteiger partial charge is 0.457 e. The Balaban J connectivity index is 0.994. The number of ether oxygens (including phenoxy) is 1. The van der Waals surface area contributed by atoms with Crippen molar-refractivity contribution < 1.29 is 4.74 Å². The van der Waals surface area contributed by atoms with Crippen molar-refractivity contribution >= 4 is 39.6 Å². The molecule has 0 aromatic heterocycles. The van der Waals surface area contributed by atoms with Gasteiger partial charge in [0.2, 0.25) is 0 Å². The maximum atomic E-state index is 6.79. The number of para-hydroxylation sites is 3. The number of benzene rings is 12. The summed E-state index contributed by atoms with van der Waals surface area (Å²) in [7, 11) is 0. The van der Waals surface area contributed by atoms with Gasteiger partial charge in [0.15, 0.2) is 0 Å². The molecule has 2 nitrogen and oxygen atoms in total. The maximum Gasteiger partial charge on any atom is 0.132 e. The molecule has 0 atom stereocenters. The van der Waals surface area contributed by atoms with Crippen LogP contribution in [0.5, 0.6) is 11.5 Å². The first-order valence-electron chi connectivity index (χ1n) is 25.9. The number of hydrogen-bond donors (Lipinski definition) is 0. The van der Waals surface area contributed by atoms with Gasteiger partial charge in [-0.15, -0.1) is 0 Å². The van der Waals surface area contributed by atoms with Crippen molar-refractivity contribution in [3.05, 3.63) is 317 Å². The second kappa shape index (κ2) is 16.2. The van der Waals surface area contributed by atoms with Crippen molar-refractivity contribution in [1.29, 1.82) is 0 Å². The summed E-state index contributed by atoms with van der Waals surface area (Å²) >= 11 is 1.89. The molecule has 0 saturated carbocycles. The van der Waals surface area contributed by atoms with Gasteiger partial charge in [-0.1, -0.05) is 242 Å². The van der Waals surface area contributed by atoms with E-state index in [1.54, 1.807) is 0 Å². The third kappa shape index (κ3) is 5.76. The number of rotatable bonds is 5. The van der Waals surface area contributed by atoms with E-state index in [0.29, 0.717) is 0 Å². The number of anilines is 3. The van der Waals surface area contributed by atoms with Crippen LogP contribution in [0.4, 0.5) is 17.1 Å². The first-order chi connectivity index (χ1) is 37.2. The fourth-order valence-electron chi connectivity index (χ4n) is 13.7. The van der Waals surface area contributed by atoms with Crippen LogP contribution in [0.1, 0.15) is 44.5 Å². The van der Waals surface area contributed by atoms with Crippen molar-refractivity contribution in [3.8, 4) is 56.0 Å². The lowest BCUT2D eigenvalue weighted by Crippen LogP contribution is -2.32. The van der Waals surface area contributed by atoms with Gasteiger partial charge in [0.05, 0.1) is 27.9 Å². The van der Waals surface area contributed by atoms with E-state index >= 15 is 0 Å². The van der Waals surface area contributed by atoms with Crippen LogP contribution < -0.4 is 9.64 Å². The molecule has 0 bridgehead atoms. The van der Waals surface area contributed by atoms with E-state index in [-0.39, 0.29) is 0 Å². The summed E-state index contributed by atoms with van der Waals surface area (Å²) < 4.78 is 6.79. The fraction of sp³-hybridized carbons (Fsp3) is 0.0278. The summed E-state index contributed by atoms with van der Waals surface area (Å²) in [5.74, 6) is 1.77. The van der Waals surface area contributed by atoms with E-state index in [4.69, 9.17) is 4.74 Å². The zero-order valence-electron chi connectivity index (χ0n) is 40.7. The fourth-order valence-corrected chi connectivity index (χ4v) is 14.9. The highest BCUT2D eigenvalue weighted by molar-refractivity contribution is 7.99. The predicted octanol–water partition coefficient (Wildman–Crippen LogP) is 18.9. The predicted molar refractivity (Wildman–Crippen MR) is 308 cm³/mol. The molecule has 2 aliphatic carbocycles. The summed E-state index contributed by atoms with van der Waals surface area (Å²) in [6, 6.07) is 101. The molecule has 12 aromatic rings. The van der Waals surface area contributed by atoms with Gasteiger partial charge in [-0.2, -0.15) is 0 Å². The van der Waals surface area contributed by atoms with Crippen LogP contribution >= 0.6 is 11.8 Å². The second-order valence-electron chi connectivity index (χ2n) is 20.1. The van der Waals surface area contributed by atoms with Crippen molar-refractivity contribution in [2.24, 2.45) is 0 Å². The van der Waals surface area contributed by atoms with Gasteiger partial charge in [-0.3, -0.25) is 0 Å². The van der Waals surface area contributed by atoms with Gasteiger partial charge in [0, 0.05) is 37.4 Å². The van der Waals surface area contributed by atoms with E-state index < -0.39 is 10.8 Å². The zero-order valence-corrected chi connectivity index (χ0v) is 41.6. The van der Waals surface area contributed by atoms with E-state index in [2.05, 4.69) is 278 Å². The summed E-state index contributed by atoms with van der Waals surface area (Å²) in [5.41, 5.74) is 22.0. The highest BCUT2D eigenvalue weighted by Crippen LogP contribution is 2.66. The minimum atomic E-state index is -0.631. The molecule has 12 aromatic carbocycles. The Hall–Kier alpha value is -9.15. The average molecular weight is 972 g/mol. The van der Waals surface area contributed by atoms with Crippen LogP contribution in [-0.4, -0.2) is 0 Å². The van der Waals surface area contributed by atoms with Crippen LogP contribution in [0.25, 0.3) is 55.3 Å². The molecule has 0 fully saturated rings. The molecule has 350 valence electrons. The molecule has 0 unspecified atom stereocenters. The topological polar surface area (TPSA) is 12.5 Å². The highest BCUT2D eigenvalue weighted by atomic mass is 32.2. The normalized spacial score (nSPS) is 14.1. The molecule has 75 heavy (non-hydrogen) atoms. The Morgan fingerprint density at radius 1 is 0.267 bits per heavy atom. The molecule has 2 heterocycles. The molecule has 2 aliphatic heterocycles. The lowest BCUT2D eigenvalue weighted by atomic mass is 9.66. The summed E-state index contributed by atoms with van der Waals surface area (Å²) in [6.07, 6.45) is 0. The van der Waals surface area contributed by atoms with Crippen molar-refractivity contribution in [2.75, 3.05) is 4.90 Å². The smallest absolute Gasteiger partial charge is 0.132 e. The third-order valence-electron chi connectivity index (χ3n) is 16.6. The minimum Gasteiger partial charge on any atom is -0.457 e. The Kier molecular flexibility index (Phi) is 9.14. The Labute approximate surface area is 440 Å². The SMILES string of the molecule is c1ccc(-c2ccc(-c3ccccc3N(c3cccc4c3-c3ccccc3C43c4ccccc4Oc4ccccc43)c3cccc4c5c(ccc34)C3(c4ccccc4Sc4ccccc43)c3ccccc3-5)cc2)cc1. The molecule has 0 N–H and O–H groups in total. The quantitative estimate of drug-likeness (QED) is 0.171. The van der Waals surface area contributed by atoms with E-state index in [1.165, 1.54) is 87.3 Å². The highest BCUT2D eigenvalue weighted by Gasteiger charge is 2.53. The summed E-state index contributed by atoms with van der Waals surface area (Å²) in [6.45, 7) is 0. The first kappa shape index (κ1) is 42.4. The van der Waals surface area contributed by atoms with Gasteiger partial charge in [-0.05, 0) is 115 Å². The molecule has 16 rings (SSSR count). The molecule has 3 heteroatoms. The minimum absolute atomic E-state index is 0.485. The third-order valence-corrected chi connectivity index (χ3v) is 17.8. The van der Waals surface area contributed by atoms with Gasteiger partial charge < -0.3 is 9.64 Å². The van der Waals surface area contributed by atoms with E-state index in [9.17, 15) is 0 Å². The zero-order chi connectivity index (χ0) is 49.2. The van der Waals surface area contributed by atoms with Crippen LogP contribution in [0.2, 0.25) is 0 Å². The Morgan fingerprint density at radius 3 is 1.40 bits per heavy atom. The maximum absolute atomic E-state index is 6.79. The van der Waals surface area contributed by atoms with Crippen LogP contribution in [-0.2, 0) is 10.8 Å². The Morgan fingerprint density at radius 2 is 0.720 bits per heavy atom. The number of nitrogens with zero attached hydrogens (tertiary/aromatic N) is 1. The summed E-state index contributed by atoms with van der Waals surface area (Å²) in [5, 5.41) is 2.42. The van der Waals surface area contributed by atoms with E-state index in [1.807, 2.05) is 11.8 Å².